The standard InChI is InChI=1S/C12H17NO3/c1-12(11(14)15)6-2-3-7-13(12)9-10-5-4-8-16-10/h4-5,8H,2-3,6-7,9H2,1H3,(H,14,15). The second-order valence-electron chi connectivity index (χ2n) is 4.54. The van der Waals surface area contributed by atoms with Crippen LogP contribution in [-0.4, -0.2) is 28.1 Å². The van der Waals surface area contributed by atoms with Crippen LogP contribution >= 0.6 is 0 Å². The zero-order valence-electron chi connectivity index (χ0n) is 9.48. The van der Waals surface area contributed by atoms with Crippen LogP contribution in [0, 0.1) is 0 Å². The lowest BCUT2D eigenvalue weighted by Gasteiger charge is -2.41. The van der Waals surface area contributed by atoms with E-state index in [1.54, 1.807) is 13.2 Å². The number of carboxylic acids is 1. The fourth-order valence-electron chi connectivity index (χ4n) is 2.26. The van der Waals surface area contributed by atoms with Gasteiger partial charge < -0.3 is 9.52 Å². The van der Waals surface area contributed by atoms with Crippen molar-refractivity contribution in [3.63, 3.8) is 0 Å². The summed E-state index contributed by atoms with van der Waals surface area (Å²) in [6.45, 7) is 3.21. The number of carboxylic acid groups (broad SMARTS) is 1. The van der Waals surface area contributed by atoms with Crippen LogP contribution in [0.4, 0.5) is 0 Å². The van der Waals surface area contributed by atoms with Gasteiger partial charge in [0.1, 0.15) is 11.3 Å². The first-order valence-electron chi connectivity index (χ1n) is 5.64. The van der Waals surface area contributed by atoms with E-state index in [9.17, 15) is 9.90 Å². The van der Waals surface area contributed by atoms with Gasteiger partial charge in [-0.05, 0) is 44.9 Å². The Hall–Kier alpha value is -1.29. The summed E-state index contributed by atoms with van der Waals surface area (Å²) in [6.07, 6.45) is 4.38. The highest BCUT2D eigenvalue weighted by Crippen LogP contribution is 2.29. The van der Waals surface area contributed by atoms with Gasteiger partial charge in [0.25, 0.3) is 0 Å². The SMILES string of the molecule is CC1(C(=O)O)CCCCN1Cc1ccco1. The molecule has 0 spiro atoms. The molecule has 1 aliphatic heterocycles. The predicted octanol–water partition coefficient (Wildman–Crippen LogP) is 2.11. The molecule has 4 heteroatoms. The Kier molecular flexibility index (Phi) is 3.01. The monoisotopic (exact) mass is 223 g/mol. The Balaban J connectivity index is 2.14. The molecule has 2 heterocycles. The molecule has 0 aromatic carbocycles. The summed E-state index contributed by atoms with van der Waals surface area (Å²) in [6, 6.07) is 3.72. The number of likely N-dealkylation sites (tertiary alicyclic amines) is 1. The number of rotatable bonds is 3. The second-order valence-corrected chi connectivity index (χ2v) is 4.54. The maximum atomic E-state index is 11.3. The van der Waals surface area contributed by atoms with Crippen LogP contribution in [0.5, 0.6) is 0 Å². The summed E-state index contributed by atoms with van der Waals surface area (Å²) in [4.78, 5) is 13.3. The number of nitrogens with zero attached hydrogens (tertiary/aromatic N) is 1. The Labute approximate surface area is 94.9 Å². The summed E-state index contributed by atoms with van der Waals surface area (Å²) in [5.41, 5.74) is -0.745. The first-order valence-corrected chi connectivity index (χ1v) is 5.64. The lowest BCUT2D eigenvalue weighted by molar-refractivity contribution is -0.153. The van der Waals surface area contributed by atoms with Crippen molar-refractivity contribution in [3.8, 4) is 0 Å². The minimum Gasteiger partial charge on any atom is -0.480 e. The van der Waals surface area contributed by atoms with E-state index >= 15 is 0 Å². The molecule has 16 heavy (non-hydrogen) atoms. The van der Waals surface area contributed by atoms with Crippen LogP contribution in [0.3, 0.4) is 0 Å². The van der Waals surface area contributed by atoms with Gasteiger partial charge in [-0.15, -0.1) is 0 Å². The molecule has 1 unspecified atom stereocenters. The molecule has 4 nitrogen and oxygen atoms in total. The summed E-state index contributed by atoms with van der Waals surface area (Å²) in [7, 11) is 0. The molecule has 1 atom stereocenters. The maximum Gasteiger partial charge on any atom is 0.323 e. The Morgan fingerprint density at radius 1 is 1.62 bits per heavy atom. The molecule has 88 valence electrons. The van der Waals surface area contributed by atoms with Crippen LogP contribution in [-0.2, 0) is 11.3 Å². The maximum absolute atomic E-state index is 11.3. The molecule has 1 fully saturated rings. The van der Waals surface area contributed by atoms with Crippen molar-refractivity contribution in [2.45, 2.75) is 38.3 Å². The van der Waals surface area contributed by atoms with E-state index in [-0.39, 0.29) is 0 Å². The van der Waals surface area contributed by atoms with E-state index in [4.69, 9.17) is 4.42 Å². The van der Waals surface area contributed by atoms with Crippen molar-refractivity contribution in [1.82, 2.24) is 4.90 Å². The minimum absolute atomic E-state index is 0.579. The van der Waals surface area contributed by atoms with Gasteiger partial charge in [0.2, 0.25) is 0 Å². The van der Waals surface area contributed by atoms with Gasteiger partial charge in [-0.25, -0.2) is 0 Å². The van der Waals surface area contributed by atoms with Crippen LogP contribution in [0.15, 0.2) is 22.8 Å². The molecular weight excluding hydrogens is 206 g/mol. The van der Waals surface area contributed by atoms with Crippen molar-refractivity contribution >= 4 is 5.97 Å². The number of hydrogen-bond donors (Lipinski definition) is 1. The summed E-state index contributed by atoms with van der Waals surface area (Å²) in [5, 5.41) is 9.32. The van der Waals surface area contributed by atoms with Crippen LogP contribution in [0.2, 0.25) is 0 Å². The van der Waals surface area contributed by atoms with Crippen molar-refractivity contribution < 1.29 is 14.3 Å². The Bertz CT molecular complexity index is 360. The molecule has 1 aromatic rings. The smallest absolute Gasteiger partial charge is 0.323 e. The highest BCUT2D eigenvalue weighted by molar-refractivity contribution is 5.78. The van der Waals surface area contributed by atoms with Gasteiger partial charge in [-0.3, -0.25) is 9.69 Å². The van der Waals surface area contributed by atoms with E-state index in [1.807, 2.05) is 17.0 Å². The average Bonchev–Trinajstić information content (AvgIpc) is 2.74. The molecule has 2 rings (SSSR count). The summed E-state index contributed by atoms with van der Waals surface area (Å²) < 4.78 is 5.27. The highest BCUT2D eigenvalue weighted by Gasteiger charge is 2.41. The number of piperidine rings is 1. The van der Waals surface area contributed by atoms with Crippen LogP contribution in [0.1, 0.15) is 31.9 Å². The number of hydrogen-bond acceptors (Lipinski definition) is 3. The van der Waals surface area contributed by atoms with Gasteiger partial charge in [-0.2, -0.15) is 0 Å². The van der Waals surface area contributed by atoms with Gasteiger partial charge in [-0.1, -0.05) is 0 Å². The van der Waals surface area contributed by atoms with Crippen molar-refractivity contribution in [2.24, 2.45) is 0 Å². The van der Waals surface area contributed by atoms with Gasteiger partial charge >= 0.3 is 5.97 Å². The molecule has 0 aliphatic carbocycles. The zero-order chi connectivity index (χ0) is 11.6. The fraction of sp³-hybridized carbons (Fsp3) is 0.583. The third-order valence-electron chi connectivity index (χ3n) is 3.43. The number of carbonyl (C=O) groups is 1. The zero-order valence-corrected chi connectivity index (χ0v) is 9.48. The summed E-state index contributed by atoms with van der Waals surface area (Å²) in [5.74, 6) is 0.0909. The molecule has 1 N–H and O–H groups in total. The van der Waals surface area contributed by atoms with Crippen LogP contribution < -0.4 is 0 Å². The molecular formula is C12H17NO3. The van der Waals surface area contributed by atoms with E-state index in [2.05, 4.69) is 0 Å². The van der Waals surface area contributed by atoms with Crippen molar-refractivity contribution in [1.29, 1.82) is 0 Å². The fourth-order valence-corrected chi connectivity index (χ4v) is 2.26. The lowest BCUT2D eigenvalue weighted by Crippen LogP contribution is -2.54. The van der Waals surface area contributed by atoms with E-state index in [0.717, 1.165) is 25.1 Å². The summed E-state index contributed by atoms with van der Waals surface area (Å²) >= 11 is 0. The average molecular weight is 223 g/mol. The topological polar surface area (TPSA) is 53.7 Å². The predicted molar refractivity (Wildman–Crippen MR) is 59.0 cm³/mol. The third-order valence-corrected chi connectivity index (χ3v) is 3.43. The molecule has 1 aliphatic rings. The first kappa shape index (κ1) is 11.2. The quantitative estimate of drug-likeness (QED) is 0.852. The molecule has 0 radical (unpaired) electrons. The van der Waals surface area contributed by atoms with E-state index in [0.29, 0.717) is 13.0 Å². The van der Waals surface area contributed by atoms with Gasteiger partial charge in [0, 0.05) is 0 Å². The van der Waals surface area contributed by atoms with E-state index in [1.165, 1.54) is 0 Å². The lowest BCUT2D eigenvalue weighted by atomic mass is 9.88. The second kappa shape index (κ2) is 4.29. The molecule has 0 saturated carbocycles. The van der Waals surface area contributed by atoms with Crippen molar-refractivity contribution in [2.75, 3.05) is 6.54 Å². The Morgan fingerprint density at radius 3 is 3.06 bits per heavy atom. The van der Waals surface area contributed by atoms with E-state index < -0.39 is 11.5 Å². The first-order chi connectivity index (χ1) is 7.63. The highest BCUT2D eigenvalue weighted by atomic mass is 16.4. The van der Waals surface area contributed by atoms with Gasteiger partial charge in [0.15, 0.2) is 0 Å². The number of furan rings is 1. The minimum atomic E-state index is -0.745. The van der Waals surface area contributed by atoms with Crippen molar-refractivity contribution in [3.05, 3.63) is 24.2 Å². The molecule has 1 aromatic heterocycles. The molecule has 0 amide bonds. The molecule has 0 bridgehead atoms. The van der Waals surface area contributed by atoms with Gasteiger partial charge in [0.05, 0.1) is 12.8 Å². The molecule has 1 saturated heterocycles. The van der Waals surface area contributed by atoms with Crippen LogP contribution in [0.25, 0.3) is 0 Å². The third kappa shape index (κ3) is 1.97. The normalized spacial score (nSPS) is 26.8. The number of aliphatic carboxylic acids is 1. The Morgan fingerprint density at radius 2 is 2.44 bits per heavy atom. The largest absolute Gasteiger partial charge is 0.480 e.